The van der Waals surface area contributed by atoms with Crippen LogP contribution in [0.1, 0.15) is 11.1 Å². The largest absolute Gasteiger partial charge is 0.309 e. The van der Waals surface area contributed by atoms with Crippen LogP contribution in [0, 0.1) is 22.7 Å². The fourth-order valence-corrected chi connectivity index (χ4v) is 6.33. The average Bonchev–Trinajstić information content (AvgIpc) is 3.57. The smallest absolute Gasteiger partial charge is 0.0991 e. The van der Waals surface area contributed by atoms with Gasteiger partial charge >= 0.3 is 0 Å². The van der Waals surface area contributed by atoms with Crippen LogP contribution in [0.4, 0.5) is 0 Å². The molecule has 0 saturated heterocycles. The van der Waals surface area contributed by atoms with E-state index in [1.807, 2.05) is 48.5 Å². The van der Waals surface area contributed by atoms with Crippen molar-refractivity contribution >= 4 is 43.6 Å². The van der Waals surface area contributed by atoms with Gasteiger partial charge < -0.3 is 9.13 Å². The molecule has 8 aromatic rings. The third kappa shape index (κ3) is 3.47. The first-order valence-electron chi connectivity index (χ1n) is 13.8. The molecule has 0 aliphatic rings. The van der Waals surface area contributed by atoms with Gasteiger partial charge in [0.05, 0.1) is 51.0 Å². The molecule has 2 heterocycles. The number of hydrogen-bond donors (Lipinski definition) is 0. The lowest BCUT2D eigenvalue weighted by molar-refractivity contribution is 1.17. The average molecular weight is 535 g/mol. The molecular weight excluding hydrogens is 512 g/mol. The van der Waals surface area contributed by atoms with E-state index >= 15 is 0 Å². The van der Waals surface area contributed by atoms with E-state index in [1.165, 1.54) is 0 Å². The third-order valence-corrected chi connectivity index (χ3v) is 8.18. The summed E-state index contributed by atoms with van der Waals surface area (Å²) in [5.41, 5.74) is 10.1. The molecule has 194 valence electrons. The Hall–Kier alpha value is -6.10. The monoisotopic (exact) mass is 534 g/mol. The minimum Gasteiger partial charge on any atom is -0.309 e. The highest BCUT2D eigenvalue weighted by atomic mass is 15.0. The summed E-state index contributed by atoms with van der Waals surface area (Å²) in [4.78, 5) is 0. The van der Waals surface area contributed by atoms with E-state index in [2.05, 4.69) is 106 Å². The summed E-state index contributed by atoms with van der Waals surface area (Å²) in [6, 6.07) is 50.3. The first kappa shape index (κ1) is 23.8. The van der Waals surface area contributed by atoms with Gasteiger partial charge in [-0.05, 0) is 72.3 Å². The summed E-state index contributed by atoms with van der Waals surface area (Å²) in [6.07, 6.45) is 0. The SMILES string of the molecule is N#Cc1ccc2c(c1)c1ccccc1n2-c1ccc(-c2ccccc2-n2c3ccccc3c3cc(C#N)ccc32)cc1. The molecule has 0 aliphatic heterocycles. The Morgan fingerprint density at radius 2 is 0.929 bits per heavy atom. The molecule has 0 amide bonds. The first-order chi connectivity index (χ1) is 20.7. The minimum atomic E-state index is 0.656. The first-order valence-corrected chi connectivity index (χ1v) is 13.8. The molecule has 0 aliphatic carbocycles. The Morgan fingerprint density at radius 3 is 1.55 bits per heavy atom. The molecule has 6 aromatic carbocycles. The van der Waals surface area contributed by atoms with Crippen LogP contribution in [0.3, 0.4) is 0 Å². The second kappa shape index (κ2) is 9.24. The Labute approximate surface area is 242 Å². The molecular formula is C38H22N4. The summed E-state index contributed by atoms with van der Waals surface area (Å²) in [7, 11) is 0. The summed E-state index contributed by atoms with van der Waals surface area (Å²) in [6.45, 7) is 0. The van der Waals surface area contributed by atoms with E-state index in [0.29, 0.717) is 11.1 Å². The van der Waals surface area contributed by atoms with E-state index in [-0.39, 0.29) is 0 Å². The third-order valence-electron chi connectivity index (χ3n) is 8.18. The highest BCUT2D eigenvalue weighted by Crippen LogP contribution is 2.37. The van der Waals surface area contributed by atoms with Gasteiger partial charge in [-0.25, -0.2) is 0 Å². The second-order valence-corrected chi connectivity index (χ2v) is 10.5. The van der Waals surface area contributed by atoms with Crippen molar-refractivity contribution in [3.8, 4) is 34.6 Å². The zero-order valence-corrected chi connectivity index (χ0v) is 22.5. The number of para-hydroxylation sites is 3. The van der Waals surface area contributed by atoms with Crippen LogP contribution < -0.4 is 0 Å². The fraction of sp³-hybridized carbons (Fsp3) is 0. The lowest BCUT2D eigenvalue weighted by Gasteiger charge is -2.15. The predicted octanol–water partition coefficient (Wildman–Crippen LogP) is 9.29. The van der Waals surface area contributed by atoms with Crippen molar-refractivity contribution in [1.29, 1.82) is 10.5 Å². The fourth-order valence-electron chi connectivity index (χ4n) is 6.33. The normalized spacial score (nSPS) is 11.3. The van der Waals surface area contributed by atoms with Gasteiger partial charge in [0.15, 0.2) is 0 Å². The van der Waals surface area contributed by atoms with Crippen LogP contribution in [0.25, 0.3) is 66.1 Å². The number of hydrogen-bond acceptors (Lipinski definition) is 2. The van der Waals surface area contributed by atoms with E-state index in [1.54, 1.807) is 0 Å². The topological polar surface area (TPSA) is 57.4 Å². The molecule has 0 spiro atoms. The van der Waals surface area contributed by atoms with Crippen molar-refractivity contribution in [1.82, 2.24) is 9.13 Å². The molecule has 0 fully saturated rings. The maximum Gasteiger partial charge on any atom is 0.0991 e. The number of rotatable bonds is 3. The summed E-state index contributed by atoms with van der Waals surface area (Å²) in [5, 5.41) is 23.4. The highest BCUT2D eigenvalue weighted by molar-refractivity contribution is 6.11. The van der Waals surface area contributed by atoms with Crippen LogP contribution in [0.15, 0.2) is 133 Å². The molecule has 42 heavy (non-hydrogen) atoms. The summed E-state index contributed by atoms with van der Waals surface area (Å²) >= 11 is 0. The predicted molar refractivity (Wildman–Crippen MR) is 170 cm³/mol. The minimum absolute atomic E-state index is 0.656. The van der Waals surface area contributed by atoms with E-state index in [0.717, 1.165) is 66.1 Å². The molecule has 0 unspecified atom stereocenters. The van der Waals surface area contributed by atoms with Crippen molar-refractivity contribution in [3.05, 3.63) is 145 Å². The van der Waals surface area contributed by atoms with E-state index in [9.17, 15) is 10.5 Å². The van der Waals surface area contributed by atoms with Crippen LogP contribution in [-0.4, -0.2) is 9.13 Å². The van der Waals surface area contributed by atoms with Gasteiger partial charge in [0.2, 0.25) is 0 Å². The number of aromatic nitrogens is 2. The standard InChI is InChI=1S/C38H22N4/c39-23-25-13-19-37-32(21-25)30-8-2-5-11-35(30)41(37)28-17-15-27(16-18-28)29-7-1-4-10-34(29)42-36-12-6-3-9-31(36)33-22-26(24-40)14-20-38(33)42/h1-22H. The molecule has 0 atom stereocenters. The maximum absolute atomic E-state index is 9.55. The zero-order valence-electron chi connectivity index (χ0n) is 22.5. The van der Waals surface area contributed by atoms with Gasteiger partial charge in [-0.3, -0.25) is 0 Å². The number of nitriles is 2. The molecule has 4 heteroatoms. The lowest BCUT2D eigenvalue weighted by Crippen LogP contribution is -1.98. The number of benzene rings is 6. The van der Waals surface area contributed by atoms with Gasteiger partial charge in [-0.1, -0.05) is 66.7 Å². The lowest BCUT2D eigenvalue weighted by atomic mass is 10.0. The molecule has 2 aromatic heterocycles. The van der Waals surface area contributed by atoms with Crippen molar-refractivity contribution < 1.29 is 0 Å². The van der Waals surface area contributed by atoms with Crippen molar-refractivity contribution in [3.63, 3.8) is 0 Å². The summed E-state index contributed by atoms with van der Waals surface area (Å²) in [5.74, 6) is 0. The molecule has 8 rings (SSSR count). The van der Waals surface area contributed by atoms with Gasteiger partial charge in [0, 0.05) is 32.8 Å². The zero-order chi connectivity index (χ0) is 28.2. The maximum atomic E-state index is 9.55. The van der Waals surface area contributed by atoms with Crippen LogP contribution in [0.5, 0.6) is 0 Å². The van der Waals surface area contributed by atoms with Crippen molar-refractivity contribution in [2.45, 2.75) is 0 Å². The van der Waals surface area contributed by atoms with Crippen molar-refractivity contribution in [2.24, 2.45) is 0 Å². The van der Waals surface area contributed by atoms with Crippen LogP contribution >= 0.6 is 0 Å². The number of nitrogens with zero attached hydrogens (tertiary/aromatic N) is 4. The molecule has 0 bridgehead atoms. The Balaban J connectivity index is 1.31. The molecule has 0 radical (unpaired) electrons. The van der Waals surface area contributed by atoms with Gasteiger partial charge in [0.25, 0.3) is 0 Å². The second-order valence-electron chi connectivity index (χ2n) is 10.5. The van der Waals surface area contributed by atoms with Crippen LogP contribution in [-0.2, 0) is 0 Å². The molecule has 4 nitrogen and oxygen atoms in total. The summed E-state index contributed by atoms with van der Waals surface area (Å²) < 4.78 is 4.57. The highest BCUT2D eigenvalue weighted by Gasteiger charge is 2.17. The molecule has 0 N–H and O–H groups in total. The number of fused-ring (bicyclic) bond motifs is 6. The Morgan fingerprint density at radius 1 is 0.429 bits per heavy atom. The van der Waals surface area contributed by atoms with E-state index < -0.39 is 0 Å². The van der Waals surface area contributed by atoms with E-state index in [4.69, 9.17) is 0 Å². The van der Waals surface area contributed by atoms with Crippen molar-refractivity contribution in [2.75, 3.05) is 0 Å². The van der Waals surface area contributed by atoms with Crippen LogP contribution in [0.2, 0.25) is 0 Å². The van der Waals surface area contributed by atoms with Gasteiger partial charge in [0.1, 0.15) is 0 Å². The quantitative estimate of drug-likeness (QED) is 0.227. The van der Waals surface area contributed by atoms with Gasteiger partial charge in [-0.2, -0.15) is 10.5 Å². The molecule has 0 saturated carbocycles. The Kier molecular flexibility index (Phi) is 5.22. The van der Waals surface area contributed by atoms with Gasteiger partial charge in [-0.15, -0.1) is 0 Å². The Bertz CT molecular complexity index is 2430.